The Morgan fingerprint density at radius 1 is 1.19 bits per heavy atom. The van der Waals surface area contributed by atoms with E-state index in [4.69, 9.17) is 14.5 Å². The molecule has 0 spiro atoms. The van der Waals surface area contributed by atoms with Crippen molar-refractivity contribution in [3.05, 3.63) is 75.8 Å². The summed E-state index contributed by atoms with van der Waals surface area (Å²) >= 11 is 0. The van der Waals surface area contributed by atoms with E-state index in [1.807, 2.05) is 0 Å². The molecule has 1 amide bonds. The van der Waals surface area contributed by atoms with Crippen LogP contribution in [-0.2, 0) is 17.9 Å². The number of rotatable bonds is 3. The van der Waals surface area contributed by atoms with Gasteiger partial charge in [0.25, 0.3) is 11.5 Å². The fourth-order valence-electron chi connectivity index (χ4n) is 4.15. The molecular formula is C23H21FN4O4. The average molecular weight is 436 g/mol. The minimum absolute atomic E-state index is 0.00256. The molecule has 1 aromatic carbocycles. The van der Waals surface area contributed by atoms with Gasteiger partial charge in [0.05, 0.1) is 23.9 Å². The molecule has 2 aliphatic heterocycles. The van der Waals surface area contributed by atoms with E-state index in [9.17, 15) is 14.0 Å². The number of hydrogen-bond donors (Lipinski definition) is 1. The van der Waals surface area contributed by atoms with Crippen molar-refractivity contribution in [2.24, 2.45) is 0 Å². The van der Waals surface area contributed by atoms with Gasteiger partial charge in [0.15, 0.2) is 6.79 Å². The van der Waals surface area contributed by atoms with Crippen LogP contribution in [0.15, 0.2) is 47.5 Å². The zero-order valence-corrected chi connectivity index (χ0v) is 17.2. The van der Waals surface area contributed by atoms with Crippen LogP contribution in [0, 0.1) is 5.82 Å². The highest BCUT2D eigenvalue weighted by atomic mass is 19.1. The maximum Gasteiger partial charge on any atom is 0.255 e. The Morgan fingerprint density at radius 2 is 2.03 bits per heavy atom. The normalized spacial score (nSPS) is 17.5. The van der Waals surface area contributed by atoms with Crippen molar-refractivity contribution >= 4 is 5.91 Å². The molecule has 2 aromatic heterocycles. The largest absolute Gasteiger partial charge is 0.466 e. The summed E-state index contributed by atoms with van der Waals surface area (Å²) in [6.07, 6.45) is 5.49. The van der Waals surface area contributed by atoms with E-state index in [1.54, 1.807) is 29.1 Å². The number of ether oxygens (including phenoxy) is 2. The monoisotopic (exact) mass is 436 g/mol. The first-order chi connectivity index (χ1) is 15.6. The van der Waals surface area contributed by atoms with Crippen LogP contribution in [0.4, 0.5) is 4.39 Å². The molecule has 0 radical (unpaired) electrons. The van der Waals surface area contributed by atoms with Crippen LogP contribution < -0.4 is 15.6 Å². The molecule has 0 saturated carbocycles. The van der Waals surface area contributed by atoms with Gasteiger partial charge in [-0.1, -0.05) is 0 Å². The van der Waals surface area contributed by atoms with E-state index >= 15 is 0 Å². The first kappa shape index (κ1) is 20.3. The van der Waals surface area contributed by atoms with E-state index in [-0.39, 0.29) is 24.5 Å². The summed E-state index contributed by atoms with van der Waals surface area (Å²) in [7, 11) is 0. The van der Waals surface area contributed by atoms with Gasteiger partial charge in [0.2, 0.25) is 0 Å². The lowest BCUT2D eigenvalue weighted by molar-refractivity contribution is -0.0170. The number of nitrogens with zero attached hydrogens (tertiary/aromatic N) is 3. The molecular weight excluding hydrogens is 415 g/mol. The Balaban J connectivity index is 1.52. The Bertz CT molecular complexity index is 1230. The first-order valence-electron chi connectivity index (χ1n) is 10.5. The van der Waals surface area contributed by atoms with E-state index < -0.39 is 17.8 Å². The Kier molecular flexibility index (Phi) is 5.40. The van der Waals surface area contributed by atoms with Crippen molar-refractivity contribution in [1.82, 2.24) is 19.9 Å². The molecule has 164 valence electrons. The van der Waals surface area contributed by atoms with Crippen molar-refractivity contribution in [3.8, 4) is 17.0 Å². The van der Waals surface area contributed by atoms with Gasteiger partial charge in [0, 0.05) is 36.1 Å². The van der Waals surface area contributed by atoms with Gasteiger partial charge in [-0.15, -0.1) is 0 Å². The summed E-state index contributed by atoms with van der Waals surface area (Å²) < 4.78 is 26.4. The third-order valence-corrected chi connectivity index (χ3v) is 5.67. The van der Waals surface area contributed by atoms with Crippen molar-refractivity contribution in [3.63, 3.8) is 0 Å². The summed E-state index contributed by atoms with van der Waals surface area (Å²) in [5.41, 5.74) is 1.70. The number of halogens is 1. The quantitative estimate of drug-likeness (QED) is 0.678. The lowest BCUT2D eigenvalue weighted by Crippen LogP contribution is -2.34. The van der Waals surface area contributed by atoms with Crippen LogP contribution in [0.1, 0.15) is 47.1 Å². The summed E-state index contributed by atoms with van der Waals surface area (Å²) in [6, 6.07) is 7.01. The molecule has 8 nitrogen and oxygen atoms in total. The molecule has 4 heterocycles. The van der Waals surface area contributed by atoms with Gasteiger partial charge in [-0.3, -0.25) is 19.1 Å². The molecule has 3 aromatic rings. The number of pyridine rings is 1. The van der Waals surface area contributed by atoms with E-state index in [1.165, 1.54) is 12.1 Å². The fraction of sp³-hybridized carbons (Fsp3) is 0.304. The number of amides is 1. The van der Waals surface area contributed by atoms with Crippen LogP contribution in [0.2, 0.25) is 0 Å². The summed E-state index contributed by atoms with van der Waals surface area (Å²) in [4.78, 5) is 34.8. The number of fused-ring (bicyclic) bond motifs is 2. The maximum atomic E-state index is 14.1. The summed E-state index contributed by atoms with van der Waals surface area (Å²) in [5.74, 6) is -0.215. The molecule has 32 heavy (non-hydrogen) atoms. The molecule has 0 aliphatic carbocycles. The number of carbonyl (C=O) groups excluding carboxylic acids is 1. The second-order valence-corrected chi connectivity index (χ2v) is 7.80. The minimum atomic E-state index is -0.543. The number of nitrogens with one attached hydrogen (secondary N) is 1. The number of aromatic nitrogens is 3. The van der Waals surface area contributed by atoms with E-state index in [0.29, 0.717) is 35.8 Å². The molecule has 9 heteroatoms. The van der Waals surface area contributed by atoms with E-state index in [2.05, 4.69) is 10.3 Å². The summed E-state index contributed by atoms with van der Waals surface area (Å²) in [6.45, 7) is 0.698. The highest BCUT2D eigenvalue weighted by Gasteiger charge is 2.27. The first-order valence-corrected chi connectivity index (χ1v) is 10.5. The number of benzene rings is 1. The van der Waals surface area contributed by atoms with Crippen LogP contribution in [0.5, 0.6) is 5.75 Å². The Morgan fingerprint density at radius 3 is 2.88 bits per heavy atom. The Labute approximate surface area is 183 Å². The van der Waals surface area contributed by atoms with Gasteiger partial charge >= 0.3 is 0 Å². The molecule has 0 fully saturated rings. The van der Waals surface area contributed by atoms with Crippen molar-refractivity contribution in [2.45, 2.75) is 38.5 Å². The predicted molar refractivity (Wildman–Crippen MR) is 112 cm³/mol. The van der Waals surface area contributed by atoms with Gasteiger partial charge in [0.1, 0.15) is 17.4 Å². The molecule has 1 unspecified atom stereocenters. The molecule has 0 saturated heterocycles. The zero-order chi connectivity index (χ0) is 22.1. The molecule has 1 atom stereocenters. The van der Waals surface area contributed by atoms with Crippen LogP contribution in [0.3, 0.4) is 0 Å². The molecule has 5 rings (SSSR count). The second-order valence-electron chi connectivity index (χ2n) is 7.80. The highest BCUT2D eigenvalue weighted by Crippen LogP contribution is 2.31. The maximum absolute atomic E-state index is 14.1. The second kappa shape index (κ2) is 8.51. The van der Waals surface area contributed by atoms with Gasteiger partial charge in [-0.05, 0) is 43.5 Å². The standard InChI is InChI=1S/C23H21FN4O4/c24-16-9-15-12-31-13-32-21(15)17(10-16)23(30)27-18-3-1-2-8-28-20(29)11-19(26-22(18)28)14-4-6-25-7-5-14/h4-7,9-11,18H,1-3,8,12-13H2,(H,27,30). The fourth-order valence-corrected chi connectivity index (χ4v) is 4.15. The predicted octanol–water partition coefficient (Wildman–Crippen LogP) is 2.97. The third-order valence-electron chi connectivity index (χ3n) is 5.67. The van der Waals surface area contributed by atoms with Crippen LogP contribution in [0.25, 0.3) is 11.3 Å². The zero-order valence-electron chi connectivity index (χ0n) is 17.2. The van der Waals surface area contributed by atoms with E-state index in [0.717, 1.165) is 24.5 Å². The smallest absolute Gasteiger partial charge is 0.255 e. The minimum Gasteiger partial charge on any atom is -0.466 e. The number of carbonyl (C=O) groups is 1. The molecule has 0 bridgehead atoms. The average Bonchev–Trinajstić information content (AvgIpc) is 3.01. The highest BCUT2D eigenvalue weighted by molar-refractivity contribution is 5.97. The van der Waals surface area contributed by atoms with Crippen molar-refractivity contribution in [2.75, 3.05) is 6.79 Å². The van der Waals surface area contributed by atoms with Crippen molar-refractivity contribution < 1.29 is 18.7 Å². The molecule has 1 N–H and O–H groups in total. The lowest BCUT2D eigenvalue weighted by atomic mass is 10.1. The molecule has 2 aliphatic rings. The van der Waals surface area contributed by atoms with Crippen LogP contribution >= 0.6 is 0 Å². The van der Waals surface area contributed by atoms with Gasteiger partial charge < -0.3 is 14.8 Å². The van der Waals surface area contributed by atoms with Crippen molar-refractivity contribution in [1.29, 1.82) is 0 Å². The Hall–Kier alpha value is -3.59. The van der Waals surface area contributed by atoms with Gasteiger partial charge in [-0.25, -0.2) is 9.37 Å². The van der Waals surface area contributed by atoms with Gasteiger partial charge in [-0.2, -0.15) is 0 Å². The third kappa shape index (κ3) is 3.87. The topological polar surface area (TPSA) is 95.3 Å². The number of hydrogen-bond acceptors (Lipinski definition) is 6. The lowest BCUT2D eigenvalue weighted by Gasteiger charge is -2.23. The summed E-state index contributed by atoms with van der Waals surface area (Å²) in [5, 5.41) is 2.95. The van der Waals surface area contributed by atoms with Crippen LogP contribution in [-0.4, -0.2) is 27.2 Å². The SMILES string of the molecule is O=C(NC1CCCCn2c1nc(-c1ccncc1)cc2=O)c1cc(F)cc2c1OCOC2.